The van der Waals surface area contributed by atoms with Crippen LogP contribution in [0.5, 0.6) is 0 Å². The molecule has 0 radical (unpaired) electrons. The number of hydrogen-bond acceptors (Lipinski definition) is 3. The van der Waals surface area contributed by atoms with Crippen LogP contribution in [0.2, 0.25) is 0 Å². The van der Waals surface area contributed by atoms with Gasteiger partial charge in [-0.3, -0.25) is 0 Å². The monoisotopic (exact) mass is 281 g/mol. The molecule has 2 atom stereocenters. The number of nitrogens with zero attached hydrogens (tertiary/aromatic N) is 3. The Labute approximate surface area is 123 Å². The molecule has 2 unspecified atom stereocenters. The first kappa shape index (κ1) is 12.6. The van der Waals surface area contributed by atoms with Gasteiger partial charge in [-0.25, -0.2) is 9.67 Å². The fourth-order valence-corrected chi connectivity index (χ4v) is 3.30. The highest BCUT2D eigenvalue weighted by molar-refractivity contribution is 5.84. The Balaban J connectivity index is 1.69. The molecule has 4 rings (SSSR count). The molecule has 1 aliphatic heterocycles. The molecule has 108 valence electrons. The topological polar surface area (TPSA) is 58.5 Å². The quantitative estimate of drug-likeness (QED) is 0.774. The van der Waals surface area contributed by atoms with E-state index < -0.39 is 0 Å². The third kappa shape index (κ3) is 2.34. The summed E-state index contributed by atoms with van der Waals surface area (Å²) in [5.74, 6) is 0.607. The maximum Gasteiger partial charge on any atom is 0.137 e. The number of hydrogen-bond donors (Lipinski definition) is 2. The van der Waals surface area contributed by atoms with Crippen molar-refractivity contribution >= 4 is 10.9 Å². The molecule has 0 aliphatic carbocycles. The Morgan fingerprint density at radius 2 is 2.33 bits per heavy atom. The summed E-state index contributed by atoms with van der Waals surface area (Å²) in [4.78, 5) is 7.40. The van der Waals surface area contributed by atoms with Gasteiger partial charge in [0.15, 0.2) is 0 Å². The Kier molecular flexibility index (Phi) is 3.00. The summed E-state index contributed by atoms with van der Waals surface area (Å²) in [6, 6.07) is 7.21. The molecule has 1 saturated heterocycles. The average molecular weight is 281 g/mol. The summed E-state index contributed by atoms with van der Waals surface area (Å²) in [5.41, 5.74) is 3.90. The van der Waals surface area contributed by atoms with E-state index in [4.69, 9.17) is 0 Å². The smallest absolute Gasteiger partial charge is 0.137 e. The molecule has 2 N–H and O–H groups in total. The van der Waals surface area contributed by atoms with Crippen LogP contribution in [-0.2, 0) is 6.54 Å². The molecule has 5 heteroatoms. The SMILES string of the molecule is CC1CC(c2c[nH]c3ccc(Cn4cncn4)cc23)CN1. The normalized spacial score (nSPS) is 22.1. The first-order valence-electron chi connectivity index (χ1n) is 7.45. The summed E-state index contributed by atoms with van der Waals surface area (Å²) >= 11 is 0. The summed E-state index contributed by atoms with van der Waals surface area (Å²) in [7, 11) is 0. The molecule has 21 heavy (non-hydrogen) atoms. The number of fused-ring (bicyclic) bond motifs is 1. The fraction of sp³-hybridized carbons (Fsp3) is 0.375. The highest BCUT2D eigenvalue weighted by Gasteiger charge is 2.24. The number of rotatable bonds is 3. The van der Waals surface area contributed by atoms with Gasteiger partial charge in [-0.05, 0) is 42.5 Å². The second-order valence-corrected chi connectivity index (χ2v) is 5.96. The second-order valence-electron chi connectivity index (χ2n) is 5.96. The van der Waals surface area contributed by atoms with Crippen molar-refractivity contribution in [2.75, 3.05) is 6.54 Å². The van der Waals surface area contributed by atoms with Crippen molar-refractivity contribution in [3.8, 4) is 0 Å². The second kappa shape index (κ2) is 5.00. The van der Waals surface area contributed by atoms with Gasteiger partial charge in [0.25, 0.3) is 0 Å². The van der Waals surface area contributed by atoms with Crippen LogP contribution in [0.4, 0.5) is 0 Å². The standard InChI is InChI=1S/C16H19N5/c1-11-4-13(6-18-11)15-7-19-16-3-2-12(5-14(15)16)8-21-10-17-9-20-21/h2-3,5,7,9-11,13,18-19H,4,6,8H2,1H3. The van der Waals surface area contributed by atoms with Crippen molar-refractivity contribution in [2.24, 2.45) is 0 Å². The highest BCUT2D eigenvalue weighted by Crippen LogP contribution is 2.32. The lowest BCUT2D eigenvalue weighted by Gasteiger charge is -2.08. The predicted octanol–water partition coefficient (Wildman–Crippen LogP) is 2.27. The zero-order valence-electron chi connectivity index (χ0n) is 12.1. The van der Waals surface area contributed by atoms with Crippen LogP contribution in [-0.4, -0.2) is 32.3 Å². The van der Waals surface area contributed by atoms with Crippen molar-refractivity contribution in [1.82, 2.24) is 25.1 Å². The molecule has 2 aromatic heterocycles. The molecule has 1 aromatic carbocycles. The van der Waals surface area contributed by atoms with Crippen LogP contribution < -0.4 is 5.32 Å². The van der Waals surface area contributed by atoms with E-state index in [1.165, 1.54) is 28.5 Å². The highest BCUT2D eigenvalue weighted by atomic mass is 15.3. The van der Waals surface area contributed by atoms with E-state index in [0.29, 0.717) is 12.0 Å². The molecule has 0 bridgehead atoms. The molecule has 5 nitrogen and oxygen atoms in total. The van der Waals surface area contributed by atoms with E-state index in [9.17, 15) is 0 Å². The summed E-state index contributed by atoms with van der Waals surface area (Å²) in [5, 5.41) is 9.06. The number of H-pyrrole nitrogens is 1. The Morgan fingerprint density at radius 1 is 1.38 bits per heavy atom. The first-order chi connectivity index (χ1) is 10.3. The molecule has 3 heterocycles. The van der Waals surface area contributed by atoms with E-state index in [2.05, 4.69) is 51.7 Å². The third-order valence-electron chi connectivity index (χ3n) is 4.38. The molecule has 1 fully saturated rings. The van der Waals surface area contributed by atoms with Gasteiger partial charge in [0.2, 0.25) is 0 Å². The Bertz CT molecular complexity index is 743. The molecule has 0 saturated carbocycles. The van der Waals surface area contributed by atoms with Gasteiger partial charge in [-0.2, -0.15) is 5.10 Å². The minimum Gasteiger partial charge on any atom is -0.361 e. The number of aromatic amines is 1. The zero-order chi connectivity index (χ0) is 14.2. The molecule has 3 aromatic rings. The van der Waals surface area contributed by atoms with E-state index >= 15 is 0 Å². The Morgan fingerprint density at radius 3 is 3.10 bits per heavy atom. The van der Waals surface area contributed by atoms with Crippen LogP contribution in [0.15, 0.2) is 37.1 Å². The van der Waals surface area contributed by atoms with Crippen LogP contribution in [0.25, 0.3) is 10.9 Å². The maximum atomic E-state index is 4.18. The number of nitrogens with one attached hydrogen (secondary N) is 2. The van der Waals surface area contributed by atoms with Gasteiger partial charge < -0.3 is 10.3 Å². The first-order valence-corrected chi connectivity index (χ1v) is 7.45. The fourth-order valence-electron chi connectivity index (χ4n) is 3.30. The van der Waals surface area contributed by atoms with Crippen molar-refractivity contribution in [1.29, 1.82) is 0 Å². The lowest BCUT2D eigenvalue weighted by molar-refractivity contribution is 0.659. The van der Waals surface area contributed by atoms with Gasteiger partial charge in [-0.15, -0.1) is 0 Å². The maximum absolute atomic E-state index is 4.18. The van der Waals surface area contributed by atoms with Crippen molar-refractivity contribution in [2.45, 2.75) is 31.8 Å². The van der Waals surface area contributed by atoms with E-state index in [-0.39, 0.29) is 0 Å². The molecular weight excluding hydrogens is 262 g/mol. The van der Waals surface area contributed by atoms with Crippen molar-refractivity contribution in [3.05, 3.63) is 48.2 Å². The van der Waals surface area contributed by atoms with Crippen LogP contribution in [0.1, 0.15) is 30.4 Å². The van der Waals surface area contributed by atoms with E-state index in [1.807, 2.05) is 4.68 Å². The lowest BCUT2D eigenvalue weighted by Crippen LogP contribution is -2.16. The predicted molar refractivity (Wildman–Crippen MR) is 82.2 cm³/mol. The summed E-state index contributed by atoms with van der Waals surface area (Å²) < 4.78 is 1.85. The summed E-state index contributed by atoms with van der Waals surface area (Å²) in [6.45, 7) is 4.09. The number of benzene rings is 1. The third-order valence-corrected chi connectivity index (χ3v) is 4.38. The van der Waals surface area contributed by atoms with E-state index in [1.54, 1.807) is 12.7 Å². The molecule has 0 amide bonds. The van der Waals surface area contributed by atoms with Crippen LogP contribution in [0, 0.1) is 0 Å². The average Bonchev–Trinajstić information content (AvgIpc) is 3.19. The van der Waals surface area contributed by atoms with E-state index in [0.717, 1.165) is 13.1 Å². The minimum absolute atomic E-state index is 0.607. The van der Waals surface area contributed by atoms with Crippen molar-refractivity contribution < 1.29 is 0 Å². The van der Waals surface area contributed by atoms with Gasteiger partial charge in [0.05, 0.1) is 6.54 Å². The number of aromatic nitrogens is 4. The van der Waals surface area contributed by atoms with Crippen molar-refractivity contribution in [3.63, 3.8) is 0 Å². The van der Waals surface area contributed by atoms with Gasteiger partial charge in [0.1, 0.15) is 12.7 Å². The van der Waals surface area contributed by atoms with Crippen LogP contribution in [0.3, 0.4) is 0 Å². The lowest BCUT2D eigenvalue weighted by atomic mass is 9.95. The molecule has 1 aliphatic rings. The van der Waals surface area contributed by atoms with Gasteiger partial charge in [-0.1, -0.05) is 6.07 Å². The largest absolute Gasteiger partial charge is 0.361 e. The van der Waals surface area contributed by atoms with Gasteiger partial charge >= 0.3 is 0 Å². The minimum atomic E-state index is 0.607. The van der Waals surface area contributed by atoms with Gasteiger partial charge in [0, 0.05) is 29.7 Å². The molecular formula is C16H19N5. The summed E-state index contributed by atoms with van der Waals surface area (Å²) in [6.07, 6.45) is 6.71. The Hall–Kier alpha value is -2.14. The zero-order valence-corrected chi connectivity index (χ0v) is 12.1. The molecule has 0 spiro atoms. The van der Waals surface area contributed by atoms with Crippen LogP contribution >= 0.6 is 0 Å².